The van der Waals surface area contributed by atoms with Gasteiger partial charge in [0, 0.05) is 39.6 Å². The molecule has 8 nitrogen and oxygen atoms in total. The van der Waals surface area contributed by atoms with Gasteiger partial charge in [-0.2, -0.15) is 0 Å². The molecule has 2 N–H and O–H groups in total. The average Bonchev–Trinajstić information content (AvgIpc) is 3.07. The lowest BCUT2D eigenvalue weighted by molar-refractivity contribution is -0.127. The Morgan fingerprint density at radius 3 is 2.53 bits per heavy atom. The maximum Gasteiger partial charge on any atom is 0.329 e. The molecule has 0 atom stereocenters. The van der Waals surface area contributed by atoms with E-state index in [1.165, 1.54) is 0 Å². The number of rotatable bonds is 6. The largest absolute Gasteiger partial charge is 0.496 e. The van der Waals surface area contributed by atoms with Gasteiger partial charge in [-0.3, -0.25) is 9.59 Å². The number of likely N-dealkylation sites (N-methyl/N-ethyl adjacent to an activating group) is 1. The van der Waals surface area contributed by atoms with E-state index < -0.39 is 24.4 Å². The Balaban J connectivity index is 1.59. The van der Waals surface area contributed by atoms with Crippen molar-refractivity contribution in [2.75, 3.05) is 30.4 Å². The van der Waals surface area contributed by atoms with Crippen molar-refractivity contribution in [3.63, 3.8) is 0 Å². The molecule has 188 valence electrons. The summed E-state index contributed by atoms with van der Waals surface area (Å²) in [4.78, 5) is 41.2. The number of fused-ring (bicyclic) bond motifs is 1. The normalized spacial score (nSPS) is 17.6. The van der Waals surface area contributed by atoms with Crippen LogP contribution < -0.4 is 20.3 Å². The van der Waals surface area contributed by atoms with E-state index in [2.05, 4.69) is 65.2 Å². The van der Waals surface area contributed by atoms with Gasteiger partial charge in [0.25, 0.3) is 5.91 Å². The fraction of sp³-hybridized carbons (Fsp3) is 0.296. The van der Waals surface area contributed by atoms with Gasteiger partial charge in [0.1, 0.15) is 18.0 Å². The number of carbonyl (C=O) groups excluding carboxylic acids is 3. The number of allylic oxidation sites excluding steroid dienone is 1. The minimum Gasteiger partial charge on any atom is -0.496 e. The number of imide groups is 1. The van der Waals surface area contributed by atoms with Crippen LogP contribution >= 0.6 is 15.9 Å². The van der Waals surface area contributed by atoms with Gasteiger partial charge < -0.3 is 20.3 Å². The van der Waals surface area contributed by atoms with Gasteiger partial charge in [-0.25, -0.2) is 9.69 Å². The summed E-state index contributed by atoms with van der Waals surface area (Å²) in [6.45, 7) is 8.92. The van der Waals surface area contributed by atoms with E-state index >= 15 is 0 Å². The second-order valence-electron chi connectivity index (χ2n) is 9.27. The van der Waals surface area contributed by atoms with Crippen molar-refractivity contribution >= 4 is 56.8 Å². The molecular weight excluding hydrogens is 524 g/mol. The minimum absolute atomic E-state index is 0.0832. The van der Waals surface area contributed by atoms with E-state index in [1.807, 2.05) is 12.1 Å². The molecule has 0 aliphatic carbocycles. The molecule has 2 heterocycles. The smallest absolute Gasteiger partial charge is 0.329 e. The Bertz CT molecular complexity index is 1300. The van der Waals surface area contributed by atoms with Crippen molar-refractivity contribution in [3.05, 3.63) is 63.8 Å². The lowest BCUT2D eigenvalue weighted by atomic mass is 9.87. The van der Waals surface area contributed by atoms with Crippen LogP contribution in [-0.2, 0) is 9.59 Å². The first-order chi connectivity index (χ1) is 17.0. The van der Waals surface area contributed by atoms with Crippen molar-refractivity contribution in [3.8, 4) is 5.75 Å². The van der Waals surface area contributed by atoms with Crippen LogP contribution in [-0.4, -0.2) is 48.5 Å². The summed E-state index contributed by atoms with van der Waals surface area (Å²) >= 11 is 3.34. The molecule has 1 fully saturated rings. The highest BCUT2D eigenvalue weighted by Gasteiger charge is 2.36. The zero-order valence-electron chi connectivity index (χ0n) is 20.9. The molecule has 0 radical (unpaired) electrons. The summed E-state index contributed by atoms with van der Waals surface area (Å²) in [5.74, 6) is -0.468. The van der Waals surface area contributed by atoms with E-state index in [0.29, 0.717) is 17.0 Å². The summed E-state index contributed by atoms with van der Waals surface area (Å²) in [5.41, 5.74) is 4.36. The van der Waals surface area contributed by atoms with Crippen molar-refractivity contribution in [1.29, 1.82) is 0 Å². The molecule has 9 heteroatoms. The van der Waals surface area contributed by atoms with E-state index in [1.54, 1.807) is 37.5 Å². The molecule has 2 aromatic carbocycles. The number of nitrogens with one attached hydrogen (secondary N) is 2. The van der Waals surface area contributed by atoms with Gasteiger partial charge >= 0.3 is 6.03 Å². The minimum atomic E-state index is -0.649. The lowest BCUT2D eigenvalue weighted by Gasteiger charge is -2.43. The highest BCUT2D eigenvalue weighted by Crippen LogP contribution is 2.42. The number of hydrogen-bond acceptors (Lipinski definition) is 5. The second kappa shape index (κ2) is 9.81. The van der Waals surface area contributed by atoms with Crippen molar-refractivity contribution < 1.29 is 19.1 Å². The molecule has 2 aliphatic rings. The molecule has 4 rings (SSSR count). The average molecular weight is 553 g/mol. The zero-order valence-corrected chi connectivity index (χ0v) is 22.5. The quantitative estimate of drug-likeness (QED) is 0.388. The van der Waals surface area contributed by atoms with Gasteiger partial charge in [-0.15, -0.1) is 0 Å². The Morgan fingerprint density at radius 2 is 1.89 bits per heavy atom. The van der Waals surface area contributed by atoms with Crippen LogP contribution in [0.1, 0.15) is 38.8 Å². The standard InChI is InChI=1S/C27H29BrN4O4/c1-6-32-22-13-23(36-5)17(11-20(22)16(2)14-27(32,3)4)12-21-25(34)31(26(35)30-21)15-24(33)29-19-9-7-18(28)8-10-19/h7-14H,6,15H2,1-5H3,(H,29,33)(H,30,35)/b21-12+. The van der Waals surface area contributed by atoms with Crippen LogP contribution in [0.25, 0.3) is 11.6 Å². The molecule has 2 aromatic rings. The number of methoxy groups -OCH3 is 1. The van der Waals surface area contributed by atoms with Crippen LogP contribution in [0.3, 0.4) is 0 Å². The van der Waals surface area contributed by atoms with Crippen molar-refractivity contribution in [2.24, 2.45) is 0 Å². The van der Waals surface area contributed by atoms with E-state index in [-0.39, 0.29) is 11.2 Å². The third-order valence-electron chi connectivity index (χ3n) is 6.34. The lowest BCUT2D eigenvalue weighted by Crippen LogP contribution is -2.44. The molecular formula is C27H29BrN4O4. The molecule has 2 aliphatic heterocycles. The number of amides is 4. The van der Waals surface area contributed by atoms with Crippen LogP contribution in [0.2, 0.25) is 0 Å². The Morgan fingerprint density at radius 1 is 1.19 bits per heavy atom. The monoisotopic (exact) mass is 552 g/mol. The highest BCUT2D eigenvalue weighted by molar-refractivity contribution is 9.10. The molecule has 36 heavy (non-hydrogen) atoms. The van der Waals surface area contributed by atoms with E-state index in [9.17, 15) is 14.4 Å². The van der Waals surface area contributed by atoms with Gasteiger partial charge in [0.15, 0.2) is 0 Å². The van der Waals surface area contributed by atoms with E-state index in [4.69, 9.17) is 4.74 Å². The van der Waals surface area contributed by atoms with Crippen LogP contribution in [0.4, 0.5) is 16.2 Å². The number of hydrogen-bond donors (Lipinski definition) is 2. The summed E-state index contributed by atoms with van der Waals surface area (Å²) in [6, 6.07) is 10.3. The highest BCUT2D eigenvalue weighted by atomic mass is 79.9. The number of urea groups is 1. The predicted octanol–water partition coefficient (Wildman–Crippen LogP) is 5.01. The number of ether oxygens (including phenoxy) is 1. The van der Waals surface area contributed by atoms with Gasteiger partial charge in [0.2, 0.25) is 5.91 Å². The maximum atomic E-state index is 13.0. The summed E-state index contributed by atoms with van der Waals surface area (Å²) in [7, 11) is 1.57. The fourth-order valence-corrected chi connectivity index (χ4v) is 5.00. The zero-order chi connectivity index (χ0) is 26.2. The van der Waals surface area contributed by atoms with Crippen LogP contribution in [0, 0.1) is 0 Å². The number of carbonyl (C=O) groups is 3. The third kappa shape index (κ3) is 4.88. The van der Waals surface area contributed by atoms with Crippen molar-refractivity contribution in [1.82, 2.24) is 10.2 Å². The Hall–Kier alpha value is -3.59. The summed E-state index contributed by atoms with van der Waals surface area (Å²) in [5, 5.41) is 5.28. The molecule has 0 unspecified atom stereocenters. The van der Waals surface area contributed by atoms with Crippen molar-refractivity contribution in [2.45, 2.75) is 33.2 Å². The Kier molecular flexibility index (Phi) is 6.95. The number of benzene rings is 2. The SMILES string of the molecule is CCN1c2cc(OC)c(/C=C3/NC(=O)N(CC(=O)Nc4ccc(Br)cc4)C3=O)cc2C(C)=CC1(C)C. The van der Waals surface area contributed by atoms with E-state index in [0.717, 1.165) is 32.7 Å². The van der Waals surface area contributed by atoms with Crippen LogP contribution in [0.15, 0.2) is 52.6 Å². The molecule has 4 amide bonds. The first kappa shape index (κ1) is 25.5. The Labute approximate surface area is 219 Å². The number of nitrogens with zero attached hydrogens (tertiary/aromatic N) is 2. The maximum absolute atomic E-state index is 13.0. The molecule has 0 saturated carbocycles. The molecule has 0 spiro atoms. The van der Waals surface area contributed by atoms with Gasteiger partial charge in [-0.05, 0) is 69.7 Å². The summed E-state index contributed by atoms with van der Waals surface area (Å²) in [6.07, 6.45) is 3.81. The molecule has 0 bridgehead atoms. The van der Waals surface area contributed by atoms with Gasteiger partial charge in [0.05, 0.1) is 12.6 Å². The number of anilines is 2. The predicted molar refractivity (Wildman–Crippen MR) is 145 cm³/mol. The third-order valence-corrected chi connectivity index (χ3v) is 6.87. The first-order valence-electron chi connectivity index (χ1n) is 11.6. The molecule has 0 aromatic heterocycles. The topological polar surface area (TPSA) is 91.0 Å². The fourth-order valence-electron chi connectivity index (χ4n) is 4.74. The first-order valence-corrected chi connectivity index (χ1v) is 12.4. The van der Waals surface area contributed by atoms with Gasteiger partial charge in [-0.1, -0.05) is 22.0 Å². The van der Waals surface area contributed by atoms with Crippen LogP contribution in [0.5, 0.6) is 5.75 Å². The summed E-state index contributed by atoms with van der Waals surface area (Å²) < 4.78 is 6.52. The molecule has 1 saturated heterocycles. The second-order valence-corrected chi connectivity index (χ2v) is 10.2. The number of halogens is 1.